The first-order valence-electron chi connectivity index (χ1n) is 3.98. The van der Waals surface area contributed by atoms with Crippen LogP contribution < -0.4 is 0 Å². The molecule has 0 atom stereocenters. The third-order valence-electron chi connectivity index (χ3n) is 1.88. The van der Waals surface area contributed by atoms with Crippen molar-refractivity contribution >= 4 is 0 Å². The molecule has 0 bridgehead atoms. The first-order valence-corrected chi connectivity index (χ1v) is 3.98. The molecule has 1 rings (SSSR count). The van der Waals surface area contributed by atoms with Crippen LogP contribution >= 0.6 is 0 Å². The van der Waals surface area contributed by atoms with Gasteiger partial charge >= 0.3 is 0 Å². The summed E-state index contributed by atoms with van der Waals surface area (Å²) in [6.07, 6.45) is 0. The normalized spacial score (nSPS) is 12.1. The van der Waals surface area contributed by atoms with Crippen LogP contribution in [0.25, 0.3) is 0 Å². The average molecular weight is 170 g/mol. The van der Waals surface area contributed by atoms with E-state index < -0.39 is 11.8 Å². The van der Waals surface area contributed by atoms with E-state index in [1.807, 2.05) is 0 Å². The second-order valence-electron chi connectivity index (χ2n) is 3.14. The van der Waals surface area contributed by atoms with Gasteiger partial charge in [0.05, 0.1) is 0 Å². The Balaban J connectivity index is 2.98. The van der Waals surface area contributed by atoms with Gasteiger partial charge in [0.2, 0.25) is 0 Å². The smallest absolute Gasteiger partial charge is 0.201 e. The molecule has 0 nitrogen and oxygen atoms in total. The van der Waals surface area contributed by atoms with Crippen LogP contribution in [0, 0.1) is 5.92 Å². The van der Waals surface area contributed by atoms with Crippen molar-refractivity contribution in [2.45, 2.75) is 19.8 Å². The Kier molecular flexibility index (Phi) is 2.46. The molecule has 0 spiro atoms. The summed E-state index contributed by atoms with van der Waals surface area (Å²) < 4.78 is 26.6. The van der Waals surface area contributed by atoms with Gasteiger partial charge in [0.1, 0.15) is 0 Å². The summed E-state index contributed by atoms with van der Waals surface area (Å²) in [6.45, 7) is 3.04. The predicted molar refractivity (Wildman–Crippen MR) is 45.2 cm³/mol. The van der Waals surface area contributed by atoms with E-state index in [2.05, 4.69) is 0 Å². The van der Waals surface area contributed by atoms with Crippen molar-refractivity contribution in [3.63, 3.8) is 0 Å². The molecule has 0 aliphatic rings. The molecule has 0 N–H and O–H groups in total. The second kappa shape index (κ2) is 3.21. The molecule has 0 radical (unpaired) electrons. The first kappa shape index (κ1) is 9.17. The zero-order chi connectivity index (χ0) is 9.19. The van der Waals surface area contributed by atoms with Crippen LogP contribution in [0.1, 0.15) is 19.4 Å². The molecule has 0 saturated carbocycles. The Morgan fingerprint density at radius 2 is 1.58 bits per heavy atom. The van der Waals surface area contributed by atoms with E-state index >= 15 is 0 Å². The van der Waals surface area contributed by atoms with E-state index in [1.54, 1.807) is 18.2 Å². The van der Waals surface area contributed by atoms with Crippen LogP contribution in [0.4, 0.5) is 8.78 Å². The summed E-state index contributed by atoms with van der Waals surface area (Å²) in [5.74, 6) is -3.36. The number of hydrogen-bond acceptors (Lipinski definition) is 0. The molecule has 0 aliphatic heterocycles. The highest BCUT2D eigenvalue weighted by atomic mass is 19.3. The van der Waals surface area contributed by atoms with Crippen molar-refractivity contribution in [2.24, 2.45) is 5.92 Å². The molecular weight excluding hydrogens is 158 g/mol. The summed E-state index contributed by atoms with van der Waals surface area (Å²) in [7, 11) is 0. The summed E-state index contributed by atoms with van der Waals surface area (Å²) in [4.78, 5) is 0. The van der Waals surface area contributed by atoms with E-state index in [-0.39, 0.29) is 5.56 Å². The number of halogens is 2. The third kappa shape index (κ3) is 1.63. The fraction of sp³-hybridized carbons (Fsp3) is 0.400. The van der Waals surface area contributed by atoms with E-state index in [9.17, 15) is 8.78 Å². The number of benzene rings is 1. The van der Waals surface area contributed by atoms with Gasteiger partial charge in [-0.2, -0.15) is 0 Å². The second-order valence-corrected chi connectivity index (χ2v) is 3.14. The standard InChI is InChI=1S/C10H12F2/c1-8(2)10(11,12)9-6-4-3-5-7-9/h3-8H,1-2H3. The van der Waals surface area contributed by atoms with E-state index in [0.29, 0.717) is 0 Å². The van der Waals surface area contributed by atoms with Crippen LogP contribution in [0.5, 0.6) is 0 Å². The fourth-order valence-corrected chi connectivity index (χ4v) is 0.994. The lowest BCUT2D eigenvalue weighted by Crippen LogP contribution is -2.20. The number of alkyl halides is 2. The highest BCUT2D eigenvalue weighted by Gasteiger charge is 2.34. The maximum absolute atomic E-state index is 13.3. The van der Waals surface area contributed by atoms with E-state index in [1.165, 1.54) is 26.0 Å². The van der Waals surface area contributed by atoms with Gasteiger partial charge in [0.25, 0.3) is 5.92 Å². The Hall–Kier alpha value is -0.920. The van der Waals surface area contributed by atoms with E-state index in [4.69, 9.17) is 0 Å². The van der Waals surface area contributed by atoms with Gasteiger partial charge in [-0.15, -0.1) is 0 Å². The van der Waals surface area contributed by atoms with Crippen LogP contribution in [0.3, 0.4) is 0 Å². The van der Waals surface area contributed by atoms with Gasteiger partial charge in [-0.3, -0.25) is 0 Å². The van der Waals surface area contributed by atoms with Gasteiger partial charge in [-0.1, -0.05) is 44.2 Å². The molecule has 2 heteroatoms. The number of rotatable bonds is 2. The van der Waals surface area contributed by atoms with Gasteiger partial charge in [0.15, 0.2) is 0 Å². The monoisotopic (exact) mass is 170 g/mol. The largest absolute Gasteiger partial charge is 0.275 e. The maximum Gasteiger partial charge on any atom is 0.275 e. The highest BCUT2D eigenvalue weighted by Crippen LogP contribution is 2.34. The summed E-state index contributed by atoms with van der Waals surface area (Å²) >= 11 is 0. The van der Waals surface area contributed by atoms with Crippen LogP contribution in [-0.4, -0.2) is 0 Å². The summed E-state index contributed by atoms with van der Waals surface area (Å²) in [6, 6.07) is 7.91. The molecule has 0 aliphatic carbocycles. The van der Waals surface area contributed by atoms with Gasteiger partial charge in [0, 0.05) is 11.5 Å². The molecule has 1 aromatic carbocycles. The average Bonchev–Trinajstić information content (AvgIpc) is 2.06. The van der Waals surface area contributed by atoms with Crippen LogP contribution in [-0.2, 0) is 5.92 Å². The molecule has 0 aromatic heterocycles. The molecule has 0 amide bonds. The molecule has 0 saturated heterocycles. The predicted octanol–water partition coefficient (Wildman–Crippen LogP) is 3.43. The van der Waals surface area contributed by atoms with E-state index in [0.717, 1.165) is 0 Å². The van der Waals surface area contributed by atoms with Crippen LogP contribution in [0.2, 0.25) is 0 Å². The van der Waals surface area contributed by atoms with Crippen LogP contribution in [0.15, 0.2) is 30.3 Å². The third-order valence-corrected chi connectivity index (χ3v) is 1.88. The molecule has 0 heterocycles. The topological polar surface area (TPSA) is 0 Å². The molecule has 66 valence electrons. The zero-order valence-electron chi connectivity index (χ0n) is 7.22. The summed E-state index contributed by atoms with van der Waals surface area (Å²) in [5.41, 5.74) is 0.0972. The molecule has 1 aromatic rings. The fourth-order valence-electron chi connectivity index (χ4n) is 0.994. The van der Waals surface area contributed by atoms with Gasteiger partial charge in [-0.25, -0.2) is 8.78 Å². The Morgan fingerprint density at radius 3 is 2.00 bits per heavy atom. The van der Waals surface area contributed by atoms with Gasteiger partial charge < -0.3 is 0 Å². The lowest BCUT2D eigenvalue weighted by Gasteiger charge is -2.20. The van der Waals surface area contributed by atoms with Gasteiger partial charge in [-0.05, 0) is 0 Å². The Bertz CT molecular complexity index is 239. The minimum atomic E-state index is -2.71. The Morgan fingerprint density at radius 1 is 1.08 bits per heavy atom. The van der Waals surface area contributed by atoms with Crippen molar-refractivity contribution in [3.8, 4) is 0 Å². The molecule has 0 fully saturated rings. The van der Waals surface area contributed by atoms with Crippen molar-refractivity contribution in [2.75, 3.05) is 0 Å². The van der Waals surface area contributed by atoms with Crippen molar-refractivity contribution in [1.82, 2.24) is 0 Å². The quantitative estimate of drug-likeness (QED) is 0.637. The highest BCUT2D eigenvalue weighted by molar-refractivity contribution is 5.20. The molecule has 0 unspecified atom stereocenters. The van der Waals surface area contributed by atoms with Crippen molar-refractivity contribution in [3.05, 3.63) is 35.9 Å². The van der Waals surface area contributed by atoms with Crippen molar-refractivity contribution in [1.29, 1.82) is 0 Å². The zero-order valence-corrected chi connectivity index (χ0v) is 7.22. The first-order chi connectivity index (χ1) is 5.55. The summed E-state index contributed by atoms with van der Waals surface area (Å²) in [5, 5.41) is 0. The number of hydrogen-bond donors (Lipinski definition) is 0. The molecular formula is C10H12F2. The minimum absolute atomic E-state index is 0.0972. The maximum atomic E-state index is 13.3. The minimum Gasteiger partial charge on any atom is -0.201 e. The Labute approximate surface area is 71.2 Å². The lowest BCUT2D eigenvalue weighted by molar-refractivity contribution is -0.0513. The molecule has 12 heavy (non-hydrogen) atoms. The van der Waals surface area contributed by atoms with Crippen molar-refractivity contribution < 1.29 is 8.78 Å². The lowest BCUT2D eigenvalue weighted by atomic mass is 9.98. The SMILES string of the molecule is CC(C)C(F)(F)c1ccccc1.